The highest BCUT2D eigenvalue weighted by Crippen LogP contribution is 2.24. The summed E-state index contributed by atoms with van der Waals surface area (Å²) < 4.78 is 4.97. The molecule has 1 atom stereocenters. The molecule has 1 rings (SSSR count). The zero-order valence-corrected chi connectivity index (χ0v) is 9.69. The lowest BCUT2D eigenvalue weighted by molar-refractivity contribution is -0.252. The molecule has 0 aromatic carbocycles. The molecule has 1 heterocycles. The Hall–Kier alpha value is -1.82. The first-order valence-electron chi connectivity index (χ1n) is 5.05. The predicted molar refractivity (Wildman–Crippen MR) is 56.0 cm³/mol. The van der Waals surface area contributed by atoms with Crippen LogP contribution in [0.3, 0.4) is 0 Å². The minimum atomic E-state index is -0.897. The van der Waals surface area contributed by atoms with E-state index < -0.39 is 18.2 Å². The minimum absolute atomic E-state index is 0.121. The van der Waals surface area contributed by atoms with E-state index in [1.54, 1.807) is 0 Å². The first-order chi connectivity index (χ1) is 7.91. The number of carbonyl (C=O) groups excluding carboxylic acids is 2. The Kier molecular flexibility index (Phi) is 4.28. The normalized spacial score (nSPS) is 21.5. The van der Waals surface area contributed by atoms with Crippen LogP contribution in [0.1, 0.15) is 26.7 Å². The standard InChI is InChI=1S/C11H14O6/c1-6(2)10(13)16-17-11(14)7(3)8-4-5-9(12)15-8/h9,12H,1,4-5H2,2-3H3/b8-7-. The summed E-state index contributed by atoms with van der Waals surface area (Å²) in [6.45, 7) is 6.22. The molecule has 0 saturated carbocycles. The van der Waals surface area contributed by atoms with Crippen LogP contribution in [0.15, 0.2) is 23.5 Å². The van der Waals surface area contributed by atoms with Crippen LogP contribution in [-0.2, 0) is 24.1 Å². The summed E-state index contributed by atoms with van der Waals surface area (Å²) in [6, 6.07) is 0. The molecule has 1 N–H and O–H groups in total. The fraction of sp³-hybridized carbons (Fsp3) is 0.455. The highest BCUT2D eigenvalue weighted by Gasteiger charge is 2.24. The van der Waals surface area contributed by atoms with E-state index in [4.69, 9.17) is 9.84 Å². The molecular formula is C11H14O6. The minimum Gasteiger partial charge on any atom is -0.469 e. The maximum absolute atomic E-state index is 11.4. The molecule has 6 heteroatoms. The van der Waals surface area contributed by atoms with Gasteiger partial charge in [0, 0.05) is 18.4 Å². The average Bonchev–Trinajstić information content (AvgIpc) is 2.70. The molecule has 6 nitrogen and oxygen atoms in total. The quantitative estimate of drug-likeness (QED) is 0.441. The number of ether oxygens (including phenoxy) is 1. The Labute approximate surface area is 98.4 Å². The Morgan fingerprint density at radius 1 is 1.35 bits per heavy atom. The van der Waals surface area contributed by atoms with E-state index >= 15 is 0 Å². The van der Waals surface area contributed by atoms with Gasteiger partial charge in [0.1, 0.15) is 5.76 Å². The number of aliphatic hydroxyl groups excluding tert-OH is 1. The Bertz CT molecular complexity index is 381. The third-order valence-electron chi connectivity index (χ3n) is 2.16. The van der Waals surface area contributed by atoms with Crippen LogP contribution in [0.4, 0.5) is 0 Å². The number of hydrogen-bond acceptors (Lipinski definition) is 6. The molecule has 0 aliphatic carbocycles. The van der Waals surface area contributed by atoms with Gasteiger partial charge in [-0.15, -0.1) is 0 Å². The van der Waals surface area contributed by atoms with Gasteiger partial charge in [0.05, 0.1) is 5.57 Å². The molecule has 1 fully saturated rings. The van der Waals surface area contributed by atoms with E-state index in [0.717, 1.165) is 0 Å². The first kappa shape index (κ1) is 13.2. The second kappa shape index (κ2) is 5.49. The van der Waals surface area contributed by atoms with Crippen molar-refractivity contribution in [3.8, 4) is 0 Å². The predicted octanol–water partition coefficient (Wildman–Crippen LogP) is 0.967. The van der Waals surface area contributed by atoms with E-state index in [1.165, 1.54) is 13.8 Å². The molecule has 0 spiro atoms. The second-order valence-electron chi connectivity index (χ2n) is 3.68. The van der Waals surface area contributed by atoms with E-state index in [0.29, 0.717) is 18.6 Å². The molecule has 0 amide bonds. The van der Waals surface area contributed by atoms with Gasteiger partial charge in [-0.3, -0.25) is 0 Å². The lowest BCUT2D eigenvalue weighted by Gasteiger charge is -2.06. The summed E-state index contributed by atoms with van der Waals surface area (Å²) in [5, 5.41) is 9.12. The third-order valence-corrected chi connectivity index (χ3v) is 2.16. The van der Waals surface area contributed by atoms with Crippen molar-refractivity contribution in [2.45, 2.75) is 33.0 Å². The third kappa shape index (κ3) is 3.60. The van der Waals surface area contributed by atoms with Crippen molar-refractivity contribution in [2.24, 2.45) is 0 Å². The number of carbonyl (C=O) groups is 2. The zero-order chi connectivity index (χ0) is 13.0. The first-order valence-corrected chi connectivity index (χ1v) is 5.05. The number of aliphatic hydroxyl groups is 1. The monoisotopic (exact) mass is 242 g/mol. The molecule has 1 saturated heterocycles. The summed E-state index contributed by atoms with van der Waals surface area (Å²) in [5.41, 5.74) is 0.284. The molecule has 0 aromatic heterocycles. The number of allylic oxidation sites excluding steroid dienone is 1. The number of hydrogen-bond donors (Lipinski definition) is 1. The van der Waals surface area contributed by atoms with Crippen LogP contribution in [-0.4, -0.2) is 23.3 Å². The molecule has 1 aliphatic heterocycles. The molecule has 0 radical (unpaired) electrons. The SMILES string of the molecule is C=C(C)C(=O)OOC(=O)/C(C)=C1/CCC(O)O1. The van der Waals surface area contributed by atoms with Crippen LogP contribution in [0.5, 0.6) is 0 Å². The molecular weight excluding hydrogens is 228 g/mol. The van der Waals surface area contributed by atoms with Gasteiger partial charge in [0.15, 0.2) is 6.29 Å². The summed E-state index contributed by atoms with van der Waals surface area (Å²) in [7, 11) is 0. The summed E-state index contributed by atoms with van der Waals surface area (Å²) >= 11 is 0. The largest absolute Gasteiger partial charge is 0.469 e. The van der Waals surface area contributed by atoms with Crippen LogP contribution in [0.2, 0.25) is 0 Å². The molecule has 1 aliphatic rings. The molecule has 94 valence electrons. The van der Waals surface area contributed by atoms with Crippen LogP contribution in [0, 0.1) is 0 Å². The lowest BCUT2D eigenvalue weighted by atomic mass is 10.2. The lowest BCUT2D eigenvalue weighted by Crippen LogP contribution is -2.13. The highest BCUT2D eigenvalue weighted by atomic mass is 17.2. The number of rotatable bonds is 2. The topological polar surface area (TPSA) is 82.1 Å². The van der Waals surface area contributed by atoms with Crippen molar-refractivity contribution in [3.05, 3.63) is 23.5 Å². The van der Waals surface area contributed by atoms with Crippen molar-refractivity contribution in [1.82, 2.24) is 0 Å². The maximum atomic E-state index is 11.4. The van der Waals surface area contributed by atoms with Gasteiger partial charge in [0.25, 0.3) is 0 Å². The van der Waals surface area contributed by atoms with Crippen molar-refractivity contribution in [2.75, 3.05) is 0 Å². The van der Waals surface area contributed by atoms with Crippen LogP contribution >= 0.6 is 0 Å². The van der Waals surface area contributed by atoms with Gasteiger partial charge >= 0.3 is 11.9 Å². The van der Waals surface area contributed by atoms with Gasteiger partial charge in [0.2, 0.25) is 0 Å². The van der Waals surface area contributed by atoms with Gasteiger partial charge in [-0.05, 0) is 13.8 Å². The van der Waals surface area contributed by atoms with Crippen LogP contribution in [0.25, 0.3) is 0 Å². The Balaban J connectivity index is 2.53. The fourth-order valence-corrected chi connectivity index (χ4v) is 1.14. The Morgan fingerprint density at radius 3 is 2.41 bits per heavy atom. The van der Waals surface area contributed by atoms with Crippen molar-refractivity contribution in [1.29, 1.82) is 0 Å². The van der Waals surface area contributed by atoms with Crippen LogP contribution < -0.4 is 0 Å². The van der Waals surface area contributed by atoms with E-state index in [2.05, 4.69) is 16.4 Å². The molecule has 17 heavy (non-hydrogen) atoms. The van der Waals surface area contributed by atoms with Crippen molar-refractivity contribution >= 4 is 11.9 Å². The van der Waals surface area contributed by atoms with E-state index in [-0.39, 0.29) is 11.1 Å². The molecule has 1 unspecified atom stereocenters. The fourth-order valence-electron chi connectivity index (χ4n) is 1.14. The molecule has 0 aromatic rings. The van der Waals surface area contributed by atoms with Gasteiger partial charge < -0.3 is 9.84 Å². The van der Waals surface area contributed by atoms with Crippen molar-refractivity contribution in [3.63, 3.8) is 0 Å². The summed E-state index contributed by atoms with van der Waals surface area (Å²) in [5.74, 6) is -1.30. The summed E-state index contributed by atoms with van der Waals surface area (Å²) in [4.78, 5) is 30.9. The highest BCUT2D eigenvalue weighted by molar-refractivity contribution is 5.90. The van der Waals surface area contributed by atoms with E-state index in [9.17, 15) is 9.59 Å². The van der Waals surface area contributed by atoms with Gasteiger partial charge in [-0.1, -0.05) is 6.58 Å². The van der Waals surface area contributed by atoms with Gasteiger partial charge in [-0.25, -0.2) is 19.4 Å². The average molecular weight is 242 g/mol. The Morgan fingerprint density at radius 2 is 1.94 bits per heavy atom. The molecule has 0 bridgehead atoms. The smallest absolute Gasteiger partial charge is 0.385 e. The van der Waals surface area contributed by atoms with Crippen molar-refractivity contribution < 1.29 is 29.2 Å². The zero-order valence-electron chi connectivity index (χ0n) is 9.69. The summed E-state index contributed by atoms with van der Waals surface area (Å²) in [6.07, 6.45) is -0.0343. The van der Waals surface area contributed by atoms with E-state index in [1.807, 2.05) is 0 Å². The maximum Gasteiger partial charge on any atom is 0.385 e. The van der Waals surface area contributed by atoms with Gasteiger partial charge in [-0.2, -0.15) is 0 Å². The second-order valence-corrected chi connectivity index (χ2v) is 3.68.